The molecule has 8 rings (SSSR count). The monoisotopic (exact) mass is 800 g/mol. The third kappa shape index (κ3) is 6.71. The molecule has 4 N–H and O–H groups in total. The standard InChI is InChI=1S/C38H45IN2O9/c1-47-29-5-3-4-25-14-32(50-34(25)29)37(46)41(20-38-16-21-8-22(17-38)10-23(9-21)18-38)28-13-26(36(45)40-6-7-42)15-30(33(28)44)49-35-27(39)11-24(19-43)12-31(35)48-2/h3-5,11-12,14-15,21-23,28,30,33,42-44H,6-10,13,16-20H2,1-2H3,(H,40,45). The number of methoxy groups -OCH3 is 2. The second-order valence-corrected chi connectivity index (χ2v) is 15.8. The number of fused-ring (bicyclic) bond motifs is 1. The molecule has 3 aromatic rings. The lowest BCUT2D eigenvalue weighted by molar-refractivity contribution is -0.118. The Balaban J connectivity index is 1.29. The van der Waals surface area contributed by atoms with Crippen molar-refractivity contribution in [3.8, 4) is 17.2 Å². The second kappa shape index (κ2) is 14.4. The van der Waals surface area contributed by atoms with Gasteiger partial charge in [0.25, 0.3) is 5.91 Å². The van der Waals surface area contributed by atoms with E-state index in [0.717, 1.165) is 24.6 Å². The van der Waals surface area contributed by atoms with E-state index in [9.17, 15) is 24.9 Å². The Morgan fingerprint density at radius 3 is 2.36 bits per heavy atom. The fourth-order valence-electron chi connectivity index (χ4n) is 9.52. The Hall–Kier alpha value is -3.33. The van der Waals surface area contributed by atoms with Crippen molar-refractivity contribution in [1.29, 1.82) is 0 Å². The van der Waals surface area contributed by atoms with Crippen LogP contribution in [-0.2, 0) is 11.4 Å². The van der Waals surface area contributed by atoms with Crippen LogP contribution in [0.1, 0.15) is 61.1 Å². The summed E-state index contributed by atoms with van der Waals surface area (Å²) in [6.07, 6.45) is 6.25. The molecule has 4 fully saturated rings. The van der Waals surface area contributed by atoms with Crippen molar-refractivity contribution in [1.82, 2.24) is 10.2 Å². The van der Waals surface area contributed by atoms with Crippen LogP contribution in [0.5, 0.6) is 17.2 Å². The van der Waals surface area contributed by atoms with Gasteiger partial charge in [0, 0.05) is 30.5 Å². The van der Waals surface area contributed by atoms with Gasteiger partial charge < -0.3 is 44.2 Å². The lowest BCUT2D eigenvalue weighted by Crippen LogP contribution is -2.59. The molecule has 1 heterocycles. The highest BCUT2D eigenvalue weighted by Gasteiger charge is 2.53. The number of halogens is 1. The van der Waals surface area contributed by atoms with E-state index in [-0.39, 0.29) is 43.3 Å². The fourth-order valence-corrected chi connectivity index (χ4v) is 10.3. The number of rotatable bonds is 12. The number of aliphatic hydroxyl groups is 3. The lowest BCUT2D eigenvalue weighted by Gasteiger charge is -2.58. The smallest absolute Gasteiger partial charge is 0.289 e. The molecule has 50 heavy (non-hydrogen) atoms. The number of benzene rings is 2. The molecule has 4 bridgehead atoms. The first-order chi connectivity index (χ1) is 24.1. The zero-order valence-corrected chi connectivity index (χ0v) is 30.6. The number of aliphatic hydroxyl groups excluding tert-OH is 3. The lowest BCUT2D eigenvalue weighted by atomic mass is 9.49. The van der Waals surface area contributed by atoms with Crippen molar-refractivity contribution in [3.63, 3.8) is 0 Å². The van der Waals surface area contributed by atoms with Gasteiger partial charge in [-0.1, -0.05) is 12.1 Å². The van der Waals surface area contributed by atoms with Crippen molar-refractivity contribution >= 4 is 45.4 Å². The molecule has 0 aliphatic heterocycles. The second-order valence-electron chi connectivity index (χ2n) is 14.6. The van der Waals surface area contributed by atoms with E-state index in [1.165, 1.54) is 26.4 Å². The third-order valence-corrected chi connectivity index (χ3v) is 12.0. The van der Waals surface area contributed by atoms with Gasteiger partial charge in [-0.25, -0.2) is 0 Å². The Morgan fingerprint density at radius 1 is 1.02 bits per heavy atom. The average molecular weight is 801 g/mol. The summed E-state index contributed by atoms with van der Waals surface area (Å²) in [6, 6.07) is 9.81. The maximum atomic E-state index is 14.9. The predicted octanol–water partition coefficient (Wildman–Crippen LogP) is 4.82. The van der Waals surface area contributed by atoms with Crippen molar-refractivity contribution < 1.29 is 43.5 Å². The van der Waals surface area contributed by atoms with Crippen LogP contribution in [0.25, 0.3) is 11.0 Å². The van der Waals surface area contributed by atoms with E-state index in [4.69, 9.17) is 18.6 Å². The number of nitrogens with one attached hydrogen (secondary N) is 1. The molecule has 0 radical (unpaired) electrons. The van der Waals surface area contributed by atoms with Crippen LogP contribution in [0.2, 0.25) is 0 Å². The van der Waals surface area contributed by atoms with Crippen molar-refractivity contribution in [2.45, 2.75) is 69.8 Å². The Morgan fingerprint density at radius 2 is 1.72 bits per heavy atom. The largest absolute Gasteiger partial charge is 0.493 e. The zero-order chi connectivity index (χ0) is 35.2. The van der Waals surface area contributed by atoms with E-state index in [0.29, 0.717) is 61.8 Å². The first-order valence-electron chi connectivity index (χ1n) is 17.4. The molecule has 0 saturated heterocycles. The zero-order valence-electron chi connectivity index (χ0n) is 28.4. The van der Waals surface area contributed by atoms with E-state index >= 15 is 0 Å². The fraction of sp³-hybridized carbons (Fsp3) is 0.526. The van der Waals surface area contributed by atoms with Crippen molar-refractivity contribution in [2.24, 2.45) is 23.2 Å². The summed E-state index contributed by atoms with van der Waals surface area (Å²) in [7, 11) is 3.05. The molecule has 5 aliphatic carbocycles. The van der Waals surface area contributed by atoms with Gasteiger partial charge in [-0.05, 0) is 120 Å². The van der Waals surface area contributed by atoms with Crippen molar-refractivity contribution in [2.75, 3.05) is 33.9 Å². The molecule has 2 amide bonds. The quantitative estimate of drug-likeness (QED) is 0.189. The molecule has 2 aromatic carbocycles. The number of nitrogens with zero attached hydrogens (tertiary/aromatic N) is 1. The molecular formula is C38H45IN2O9. The van der Waals surface area contributed by atoms with Gasteiger partial charge in [-0.2, -0.15) is 0 Å². The number of amides is 2. The molecule has 5 aliphatic rings. The van der Waals surface area contributed by atoms with Crippen LogP contribution in [0.15, 0.2) is 52.5 Å². The highest BCUT2D eigenvalue weighted by molar-refractivity contribution is 14.1. The summed E-state index contributed by atoms with van der Waals surface area (Å²) < 4.78 is 24.5. The van der Waals surface area contributed by atoms with E-state index in [1.807, 2.05) is 12.1 Å². The normalized spacial score (nSPS) is 28.3. The van der Waals surface area contributed by atoms with Crippen LogP contribution in [0.3, 0.4) is 0 Å². The molecule has 268 valence electrons. The number of carbonyl (C=O) groups excluding carboxylic acids is 2. The van der Waals surface area contributed by atoms with Gasteiger partial charge in [-0.3, -0.25) is 9.59 Å². The van der Waals surface area contributed by atoms with Gasteiger partial charge in [0.2, 0.25) is 5.91 Å². The molecule has 1 aromatic heterocycles. The summed E-state index contributed by atoms with van der Waals surface area (Å²) >= 11 is 2.09. The number of carbonyl (C=O) groups is 2. The minimum atomic E-state index is -1.22. The highest BCUT2D eigenvalue weighted by Crippen LogP contribution is 2.60. The third-order valence-electron chi connectivity index (χ3n) is 11.2. The predicted molar refractivity (Wildman–Crippen MR) is 193 cm³/mol. The molecule has 3 unspecified atom stereocenters. The minimum Gasteiger partial charge on any atom is -0.493 e. The Bertz CT molecular complexity index is 1750. The van der Waals surface area contributed by atoms with Gasteiger partial charge in [0.05, 0.1) is 37.0 Å². The summed E-state index contributed by atoms with van der Waals surface area (Å²) in [6.45, 7) is 0.0597. The van der Waals surface area contributed by atoms with Crippen LogP contribution < -0.4 is 19.5 Å². The van der Waals surface area contributed by atoms with E-state index in [2.05, 4.69) is 27.9 Å². The number of ether oxygens (including phenoxy) is 3. The molecule has 4 saturated carbocycles. The minimum absolute atomic E-state index is 0.0556. The van der Waals surface area contributed by atoms with E-state index in [1.54, 1.807) is 42.4 Å². The summed E-state index contributed by atoms with van der Waals surface area (Å²) in [4.78, 5) is 30.1. The van der Waals surface area contributed by atoms with Gasteiger partial charge in [-0.15, -0.1) is 0 Å². The summed E-state index contributed by atoms with van der Waals surface area (Å²) in [5.41, 5.74) is 1.35. The highest BCUT2D eigenvalue weighted by atomic mass is 127. The first-order valence-corrected chi connectivity index (χ1v) is 18.5. The number of hydrogen-bond acceptors (Lipinski definition) is 9. The van der Waals surface area contributed by atoms with Crippen LogP contribution >= 0.6 is 22.6 Å². The Kier molecular flexibility index (Phi) is 10.1. The van der Waals surface area contributed by atoms with Crippen LogP contribution in [0.4, 0.5) is 0 Å². The molecule has 11 nitrogen and oxygen atoms in total. The maximum absolute atomic E-state index is 14.9. The Labute approximate surface area is 305 Å². The summed E-state index contributed by atoms with van der Waals surface area (Å²) in [5.74, 6) is 2.51. The van der Waals surface area contributed by atoms with Gasteiger partial charge >= 0.3 is 0 Å². The molecular weight excluding hydrogens is 755 g/mol. The number of furan rings is 1. The average Bonchev–Trinajstić information content (AvgIpc) is 3.55. The molecule has 3 atom stereocenters. The number of para-hydroxylation sites is 1. The topological polar surface area (TPSA) is 151 Å². The van der Waals surface area contributed by atoms with E-state index < -0.39 is 24.2 Å². The molecule has 12 heteroatoms. The summed E-state index contributed by atoms with van der Waals surface area (Å²) in [5, 5.41) is 35.0. The maximum Gasteiger partial charge on any atom is 0.289 e. The number of hydrogen-bond donors (Lipinski definition) is 4. The van der Waals surface area contributed by atoms with Crippen molar-refractivity contribution in [3.05, 3.63) is 62.9 Å². The van der Waals surface area contributed by atoms with Crippen LogP contribution in [-0.4, -0.2) is 84.2 Å². The van der Waals surface area contributed by atoms with Crippen LogP contribution in [0, 0.1) is 26.7 Å². The molecule has 0 spiro atoms. The van der Waals surface area contributed by atoms with Gasteiger partial charge in [0.15, 0.2) is 28.6 Å². The first kappa shape index (κ1) is 35.1. The SMILES string of the molecule is COc1cc(CO)cc(I)c1OC1C=C(C(=O)NCCO)CC(N(CC23CC4CC(CC(C4)C2)C3)C(=O)c2cc3cccc(OC)c3o2)C1O. The van der Waals surface area contributed by atoms with Gasteiger partial charge in [0.1, 0.15) is 12.2 Å².